The molecular formula is C15H26N2O2. The van der Waals surface area contributed by atoms with Crippen molar-refractivity contribution in [3.63, 3.8) is 0 Å². The summed E-state index contributed by atoms with van der Waals surface area (Å²) < 4.78 is 0. The van der Waals surface area contributed by atoms with Crippen molar-refractivity contribution in [1.82, 2.24) is 10.2 Å². The summed E-state index contributed by atoms with van der Waals surface area (Å²) in [4.78, 5) is 26.4. The molecule has 4 heteroatoms. The third-order valence-corrected chi connectivity index (χ3v) is 4.76. The fourth-order valence-electron chi connectivity index (χ4n) is 3.20. The lowest BCUT2D eigenvalue weighted by Crippen LogP contribution is -2.50. The van der Waals surface area contributed by atoms with Crippen molar-refractivity contribution in [2.75, 3.05) is 6.54 Å². The van der Waals surface area contributed by atoms with Crippen molar-refractivity contribution in [2.24, 2.45) is 11.8 Å². The summed E-state index contributed by atoms with van der Waals surface area (Å²) in [5.74, 6) is 1.08. The Balaban J connectivity index is 2.13. The van der Waals surface area contributed by atoms with Gasteiger partial charge in [0.25, 0.3) is 0 Å². The van der Waals surface area contributed by atoms with E-state index in [1.807, 2.05) is 4.90 Å². The van der Waals surface area contributed by atoms with Gasteiger partial charge >= 0.3 is 0 Å². The normalized spacial score (nSPS) is 26.3. The average Bonchev–Trinajstić information content (AvgIpc) is 3.21. The highest BCUT2D eigenvalue weighted by Crippen LogP contribution is 2.35. The Labute approximate surface area is 115 Å². The van der Waals surface area contributed by atoms with E-state index in [4.69, 9.17) is 0 Å². The standard InChI is InChI=1S/C15H26N2O2/c1-4-11(5-2)10(3)17-9-8-13(18)16-14(15(17)19)12-6-7-12/h10-12,14H,4-9H2,1-3H3,(H,16,18). The number of hydrogen-bond acceptors (Lipinski definition) is 2. The maximum Gasteiger partial charge on any atom is 0.245 e. The molecule has 108 valence electrons. The van der Waals surface area contributed by atoms with Gasteiger partial charge in [-0.05, 0) is 31.6 Å². The average molecular weight is 266 g/mol. The molecule has 0 radical (unpaired) electrons. The van der Waals surface area contributed by atoms with E-state index in [1.165, 1.54) is 0 Å². The first-order chi connectivity index (χ1) is 9.08. The van der Waals surface area contributed by atoms with Crippen LogP contribution in [0.4, 0.5) is 0 Å². The minimum Gasteiger partial charge on any atom is -0.344 e. The molecule has 1 aliphatic carbocycles. The van der Waals surface area contributed by atoms with E-state index in [9.17, 15) is 9.59 Å². The molecule has 1 heterocycles. The predicted octanol–water partition coefficient (Wildman–Crippen LogP) is 1.94. The topological polar surface area (TPSA) is 49.4 Å². The minimum absolute atomic E-state index is 0.0319. The summed E-state index contributed by atoms with van der Waals surface area (Å²) >= 11 is 0. The molecule has 1 aliphatic heterocycles. The third kappa shape index (κ3) is 3.10. The SMILES string of the molecule is CCC(CC)C(C)N1CCC(=O)NC(C2CC2)C1=O. The lowest BCUT2D eigenvalue weighted by molar-refractivity contribution is -0.136. The number of rotatable bonds is 5. The van der Waals surface area contributed by atoms with Crippen LogP contribution in [0, 0.1) is 11.8 Å². The minimum atomic E-state index is -0.258. The zero-order chi connectivity index (χ0) is 14.0. The molecule has 4 nitrogen and oxygen atoms in total. The van der Waals surface area contributed by atoms with E-state index in [0.29, 0.717) is 24.8 Å². The van der Waals surface area contributed by atoms with Crippen LogP contribution in [-0.4, -0.2) is 35.3 Å². The molecule has 1 saturated carbocycles. The highest BCUT2D eigenvalue weighted by atomic mass is 16.2. The second-order valence-electron chi connectivity index (χ2n) is 5.98. The largest absolute Gasteiger partial charge is 0.344 e. The van der Waals surface area contributed by atoms with Gasteiger partial charge < -0.3 is 10.2 Å². The van der Waals surface area contributed by atoms with E-state index >= 15 is 0 Å². The van der Waals surface area contributed by atoms with E-state index in [-0.39, 0.29) is 23.9 Å². The zero-order valence-electron chi connectivity index (χ0n) is 12.3. The maximum absolute atomic E-state index is 12.7. The Morgan fingerprint density at radius 2 is 1.89 bits per heavy atom. The number of amides is 2. The summed E-state index contributed by atoms with van der Waals surface area (Å²) in [6, 6.07) is -0.0248. The lowest BCUT2D eigenvalue weighted by atomic mass is 9.93. The number of carbonyl (C=O) groups excluding carboxylic acids is 2. The molecule has 0 aromatic heterocycles. The molecule has 19 heavy (non-hydrogen) atoms. The molecule has 0 spiro atoms. The Morgan fingerprint density at radius 3 is 2.42 bits per heavy atom. The van der Waals surface area contributed by atoms with E-state index < -0.39 is 0 Å². The van der Waals surface area contributed by atoms with Gasteiger partial charge in [-0.3, -0.25) is 9.59 Å². The summed E-state index contributed by atoms with van der Waals surface area (Å²) in [6.45, 7) is 7.06. The number of carbonyl (C=O) groups is 2. The lowest BCUT2D eigenvalue weighted by Gasteiger charge is -2.34. The molecule has 2 rings (SSSR count). The molecule has 1 saturated heterocycles. The van der Waals surface area contributed by atoms with Crippen LogP contribution in [0.5, 0.6) is 0 Å². The molecule has 2 unspecified atom stereocenters. The Morgan fingerprint density at radius 1 is 1.26 bits per heavy atom. The van der Waals surface area contributed by atoms with Crippen LogP contribution in [0.1, 0.15) is 52.9 Å². The third-order valence-electron chi connectivity index (χ3n) is 4.76. The molecular weight excluding hydrogens is 240 g/mol. The first-order valence-corrected chi connectivity index (χ1v) is 7.68. The second kappa shape index (κ2) is 5.93. The van der Waals surface area contributed by atoms with Crippen molar-refractivity contribution >= 4 is 11.8 Å². The Bertz CT molecular complexity index is 348. The number of nitrogens with one attached hydrogen (secondary N) is 1. The van der Waals surface area contributed by atoms with Gasteiger partial charge in [-0.25, -0.2) is 0 Å². The molecule has 1 N–H and O–H groups in total. The van der Waals surface area contributed by atoms with Crippen molar-refractivity contribution in [3.8, 4) is 0 Å². The van der Waals surface area contributed by atoms with Crippen LogP contribution < -0.4 is 5.32 Å². The van der Waals surface area contributed by atoms with Crippen molar-refractivity contribution in [2.45, 2.75) is 65.0 Å². The predicted molar refractivity (Wildman–Crippen MR) is 74.5 cm³/mol. The van der Waals surface area contributed by atoms with Gasteiger partial charge in [0.2, 0.25) is 11.8 Å². The van der Waals surface area contributed by atoms with E-state index in [1.54, 1.807) is 0 Å². The van der Waals surface area contributed by atoms with Gasteiger partial charge in [-0.2, -0.15) is 0 Å². The van der Waals surface area contributed by atoms with Gasteiger partial charge in [-0.15, -0.1) is 0 Å². The second-order valence-corrected chi connectivity index (χ2v) is 5.98. The smallest absolute Gasteiger partial charge is 0.245 e. The highest BCUT2D eigenvalue weighted by Gasteiger charge is 2.42. The Kier molecular flexibility index (Phi) is 4.48. The number of nitrogens with zero attached hydrogens (tertiary/aromatic N) is 1. The van der Waals surface area contributed by atoms with Gasteiger partial charge in [-0.1, -0.05) is 26.7 Å². The van der Waals surface area contributed by atoms with Crippen LogP contribution in [0.25, 0.3) is 0 Å². The molecule has 2 atom stereocenters. The first kappa shape index (κ1) is 14.4. The van der Waals surface area contributed by atoms with E-state index in [0.717, 1.165) is 25.7 Å². The molecule has 0 aromatic rings. The van der Waals surface area contributed by atoms with Gasteiger partial charge in [0.1, 0.15) is 6.04 Å². The molecule has 2 amide bonds. The summed E-state index contributed by atoms with van der Waals surface area (Å²) in [5, 5.41) is 2.92. The summed E-state index contributed by atoms with van der Waals surface area (Å²) in [6.07, 6.45) is 4.75. The maximum atomic E-state index is 12.7. The molecule has 0 bridgehead atoms. The summed E-state index contributed by atoms with van der Waals surface area (Å²) in [5.41, 5.74) is 0. The van der Waals surface area contributed by atoms with E-state index in [2.05, 4.69) is 26.1 Å². The van der Waals surface area contributed by atoms with Crippen LogP contribution in [0.15, 0.2) is 0 Å². The van der Waals surface area contributed by atoms with Crippen LogP contribution in [0.2, 0.25) is 0 Å². The highest BCUT2D eigenvalue weighted by molar-refractivity contribution is 5.90. The fraction of sp³-hybridized carbons (Fsp3) is 0.867. The fourth-order valence-corrected chi connectivity index (χ4v) is 3.20. The van der Waals surface area contributed by atoms with Crippen LogP contribution >= 0.6 is 0 Å². The number of hydrogen-bond donors (Lipinski definition) is 1. The van der Waals surface area contributed by atoms with Gasteiger partial charge in [0, 0.05) is 19.0 Å². The van der Waals surface area contributed by atoms with Gasteiger partial charge in [0.05, 0.1) is 0 Å². The molecule has 0 aromatic carbocycles. The van der Waals surface area contributed by atoms with Crippen molar-refractivity contribution < 1.29 is 9.59 Å². The van der Waals surface area contributed by atoms with Crippen molar-refractivity contribution in [1.29, 1.82) is 0 Å². The first-order valence-electron chi connectivity index (χ1n) is 7.68. The quantitative estimate of drug-likeness (QED) is 0.826. The zero-order valence-corrected chi connectivity index (χ0v) is 12.3. The van der Waals surface area contributed by atoms with Crippen LogP contribution in [0.3, 0.4) is 0 Å². The van der Waals surface area contributed by atoms with Gasteiger partial charge in [0.15, 0.2) is 0 Å². The van der Waals surface area contributed by atoms with Crippen LogP contribution in [-0.2, 0) is 9.59 Å². The Hall–Kier alpha value is -1.06. The van der Waals surface area contributed by atoms with Crippen molar-refractivity contribution in [3.05, 3.63) is 0 Å². The monoisotopic (exact) mass is 266 g/mol. The molecule has 2 aliphatic rings. The summed E-state index contributed by atoms with van der Waals surface area (Å²) in [7, 11) is 0. The molecule has 2 fully saturated rings.